The Kier molecular flexibility index (Phi) is 4.48. The molecule has 3 aromatic rings. The fourth-order valence-electron chi connectivity index (χ4n) is 2.27. The molecule has 1 heterocycles. The third-order valence-electron chi connectivity index (χ3n) is 3.54. The van der Waals surface area contributed by atoms with Gasteiger partial charge in [0.1, 0.15) is 17.2 Å². The van der Waals surface area contributed by atoms with Crippen LogP contribution >= 0.6 is 0 Å². The Morgan fingerprint density at radius 3 is 2.58 bits per heavy atom. The maximum absolute atomic E-state index is 12.2. The summed E-state index contributed by atoms with van der Waals surface area (Å²) in [5.41, 5.74) is 12.6. The monoisotopic (exact) mass is 349 g/mol. The molecule has 0 unspecified atom stereocenters. The normalized spacial score (nSPS) is 11.3. The Hall–Kier alpha value is -3.94. The van der Waals surface area contributed by atoms with Gasteiger partial charge in [0.15, 0.2) is 11.7 Å². The summed E-state index contributed by atoms with van der Waals surface area (Å²) in [5.74, 6) is -0.934. The minimum atomic E-state index is -0.660. The standard InChI is InChI=1S/C18H15N5O3/c19-16-15(17(20)23-18(26)10-4-3-5-11(24)8-10)22-13(9-21-16)12-6-1-2-7-14(12)25/h1-9,24-25H,(H2,19,21)(H2,20,23,26). The summed E-state index contributed by atoms with van der Waals surface area (Å²) in [6, 6.07) is 12.3. The molecule has 8 nitrogen and oxygen atoms in total. The first-order chi connectivity index (χ1) is 12.5. The van der Waals surface area contributed by atoms with Crippen molar-refractivity contribution in [2.24, 2.45) is 10.7 Å². The van der Waals surface area contributed by atoms with E-state index in [-0.39, 0.29) is 34.4 Å². The van der Waals surface area contributed by atoms with Crippen molar-refractivity contribution in [2.45, 2.75) is 0 Å². The number of phenolic OH excluding ortho intramolecular Hbond substituents is 2. The van der Waals surface area contributed by atoms with E-state index in [2.05, 4.69) is 15.0 Å². The zero-order valence-corrected chi connectivity index (χ0v) is 13.5. The molecule has 0 saturated carbocycles. The average molecular weight is 349 g/mol. The molecule has 2 aromatic carbocycles. The third-order valence-corrected chi connectivity index (χ3v) is 3.54. The zero-order chi connectivity index (χ0) is 18.7. The van der Waals surface area contributed by atoms with Gasteiger partial charge in [-0.3, -0.25) is 4.79 Å². The zero-order valence-electron chi connectivity index (χ0n) is 13.5. The van der Waals surface area contributed by atoms with Gasteiger partial charge < -0.3 is 21.7 Å². The van der Waals surface area contributed by atoms with E-state index in [0.717, 1.165) is 0 Å². The van der Waals surface area contributed by atoms with Gasteiger partial charge in [-0.2, -0.15) is 4.99 Å². The van der Waals surface area contributed by atoms with Gasteiger partial charge in [0.2, 0.25) is 0 Å². The van der Waals surface area contributed by atoms with E-state index >= 15 is 0 Å². The van der Waals surface area contributed by atoms with Crippen LogP contribution in [0.3, 0.4) is 0 Å². The number of amides is 1. The van der Waals surface area contributed by atoms with E-state index < -0.39 is 5.91 Å². The molecule has 0 aliphatic rings. The SMILES string of the molecule is NC(=NC(=O)c1cccc(O)c1)c1nc(-c2ccccc2O)cnc1N. The number of aromatic hydroxyl groups is 2. The molecule has 26 heavy (non-hydrogen) atoms. The highest BCUT2D eigenvalue weighted by molar-refractivity contribution is 6.09. The van der Waals surface area contributed by atoms with E-state index in [9.17, 15) is 15.0 Å². The molecule has 6 N–H and O–H groups in total. The van der Waals surface area contributed by atoms with Gasteiger partial charge in [0.05, 0.1) is 11.9 Å². The molecule has 0 saturated heterocycles. The van der Waals surface area contributed by atoms with Crippen LogP contribution in [0, 0.1) is 0 Å². The molecular weight excluding hydrogens is 334 g/mol. The molecule has 8 heteroatoms. The van der Waals surface area contributed by atoms with Crippen molar-refractivity contribution >= 4 is 17.6 Å². The van der Waals surface area contributed by atoms with Gasteiger partial charge in [-0.25, -0.2) is 9.97 Å². The predicted molar refractivity (Wildman–Crippen MR) is 96.7 cm³/mol. The molecule has 1 aromatic heterocycles. The van der Waals surface area contributed by atoms with E-state index in [1.165, 1.54) is 36.5 Å². The number of aliphatic imine (C=N–C) groups is 1. The Bertz CT molecular complexity index is 1020. The van der Waals surface area contributed by atoms with Crippen LogP contribution in [0.15, 0.2) is 59.7 Å². The van der Waals surface area contributed by atoms with Crippen molar-refractivity contribution in [1.29, 1.82) is 0 Å². The van der Waals surface area contributed by atoms with E-state index in [1.807, 2.05) is 0 Å². The van der Waals surface area contributed by atoms with Crippen molar-refractivity contribution in [3.63, 3.8) is 0 Å². The van der Waals surface area contributed by atoms with Crippen LogP contribution < -0.4 is 11.5 Å². The molecular formula is C18H15N5O3. The van der Waals surface area contributed by atoms with Crippen molar-refractivity contribution in [1.82, 2.24) is 9.97 Å². The van der Waals surface area contributed by atoms with Gasteiger partial charge in [0.25, 0.3) is 5.91 Å². The Labute approximate surface area is 148 Å². The summed E-state index contributed by atoms with van der Waals surface area (Å²) in [7, 11) is 0. The summed E-state index contributed by atoms with van der Waals surface area (Å²) < 4.78 is 0. The maximum atomic E-state index is 12.2. The number of hydrogen-bond acceptors (Lipinski definition) is 6. The number of amidine groups is 1. The fourth-order valence-corrected chi connectivity index (χ4v) is 2.27. The Balaban J connectivity index is 1.99. The summed E-state index contributed by atoms with van der Waals surface area (Å²) in [4.78, 5) is 24.2. The molecule has 0 spiro atoms. The number of phenols is 2. The van der Waals surface area contributed by atoms with Gasteiger partial charge in [0, 0.05) is 11.1 Å². The Morgan fingerprint density at radius 1 is 1.08 bits per heavy atom. The number of nitrogens with zero attached hydrogens (tertiary/aromatic N) is 3. The van der Waals surface area contributed by atoms with Crippen LogP contribution in [0.25, 0.3) is 11.3 Å². The number of rotatable bonds is 3. The van der Waals surface area contributed by atoms with E-state index in [1.54, 1.807) is 18.2 Å². The van der Waals surface area contributed by atoms with E-state index in [4.69, 9.17) is 11.5 Å². The van der Waals surface area contributed by atoms with Crippen LogP contribution in [0.5, 0.6) is 11.5 Å². The third kappa shape index (κ3) is 3.44. The number of hydrogen-bond donors (Lipinski definition) is 4. The second kappa shape index (κ2) is 6.89. The lowest BCUT2D eigenvalue weighted by Crippen LogP contribution is -2.20. The second-order valence-corrected chi connectivity index (χ2v) is 5.36. The summed E-state index contributed by atoms with van der Waals surface area (Å²) >= 11 is 0. The molecule has 0 fully saturated rings. The van der Waals surface area contributed by atoms with Gasteiger partial charge in [-0.15, -0.1) is 0 Å². The van der Waals surface area contributed by atoms with Gasteiger partial charge in [-0.1, -0.05) is 18.2 Å². The number of nitrogens with two attached hydrogens (primary N) is 2. The van der Waals surface area contributed by atoms with Crippen molar-refractivity contribution in [3.8, 4) is 22.8 Å². The lowest BCUT2D eigenvalue weighted by atomic mass is 10.1. The number of carbonyl (C=O) groups is 1. The minimum absolute atomic E-state index is 0.00544. The van der Waals surface area contributed by atoms with Crippen molar-refractivity contribution < 1.29 is 15.0 Å². The number of anilines is 1. The average Bonchev–Trinajstić information content (AvgIpc) is 2.62. The first kappa shape index (κ1) is 16.9. The second-order valence-electron chi connectivity index (χ2n) is 5.36. The van der Waals surface area contributed by atoms with Crippen LogP contribution in [0.4, 0.5) is 5.82 Å². The topological polar surface area (TPSA) is 148 Å². The van der Waals surface area contributed by atoms with Gasteiger partial charge in [-0.05, 0) is 30.3 Å². The largest absolute Gasteiger partial charge is 0.508 e. The number of carbonyl (C=O) groups excluding carboxylic acids is 1. The van der Waals surface area contributed by atoms with Gasteiger partial charge >= 0.3 is 0 Å². The highest BCUT2D eigenvalue weighted by Gasteiger charge is 2.14. The maximum Gasteiger partial charge on any atom is 0.279 e. The smallest absolute Gasteiger partial charge is 0.279 e. The molecule has 0 aliphatic heterocycles. The highest BCUT2D eigenvalue weighted by atomic mass is 16.3. The molecule has 0 aliphatic carbocycles. The van der Waals surface area contributed by atoms with Crippen LogP contribution in [0.2, 0.25) is 0 Å². The number of para-hydroxylation sites is 1. The van der Waals surface area contributed by atoms with Crippen LogP contribution in [0.1, 0.15) is 16.1 Å². The molecule has 1 amide bonds. The minimum Gasteiger partial charge on any atom is -0.508 e. The van der Waals surface area contributed by atoms with Crippen LogP contribution in [-0.2, 0) is 0 Å². The Morgan fingerprint density at radius 2 is 1.85 bits per heavy atom. The molecule has 130 valence electrons. The summed E-state index contributed by atoms with van der Waals surface area (Å²) in [5, 5.41) is 19.4. The number of nitrogen functional groups attached to an aromatic ring is 1. The number of benzene rings is 2. The molecule has 0 bridgehead atoms. The molecule has 0 radical (unpaired) electrons. The molecule has 3 rings (SSSR count). The van der Waals surface area contributed by atoms with Crippen molar-refractivity contribution in [3.05, 3.63) is 66.0 Å². The van der Waals surface area contributed by atoms with Crippen molar-refractivity contribution in [2.75, 3.05) is 5.73 Å². The first-order valence-corrected chi connectivity index (χ1v) is 7.54. The summed E-state index contributed by atoms with van der Waals surface area (Å²) in [6.07, 6.45) is 1.39. The lowest BCUT2D eigenvalue weighted by Gasteiger charge is -2.08. The first-order valence-electron chi connectivity index (χ1n) is 7.54. The quantitative estimate of drug-likeness (QED) is 0.415. The van der Waals surface area contributed by atoms with E-state index in [0.29, 0.717) is 11.3 Å². The van der Waals surface area contributed by atoms with Crippen LogP contribution in [-0.4, -0.2) is 31.9 Å². The highest BCUT2D eigenvalue weighted by Crippen LogP contribution is 2.27. The predicted octanol–water partition coefficient (Wildman–Crippen LogP) is 1.68. The number of aromatic nitrogens is 2. The lowest BCUT2D eigenvalue weighted by molar-refractivity contribution is 0.100. The fraction of sp³-hybridized carbons (Fsp3) is 0. The summed E-state index contributed by atoms with van der Waals surface area (Å²) in [6.45, 7) is 0. The molecule has 0 atom stereocenters.